The lowest BCUT2D eigenvalue weighted by Crippen LogP contribution is -2.46. The molecule has 0 aliphatic carbocycles. The summed E-state index contributed by atoms with van der Waals surface area (Å²) in [5.41, 5.74) is 2.52. The third kappa shape index (κ3) is 4.33. The van der Waals surface area contributed by atoms with Crippen LogP contribution in [0.15, 0.2) is 34.8 Å². The van der Waals surface area contributed by atoms with Crippen molar-refractivity contribution in [3.05, 3.63) is 45.4 Å². The third-order valence-electron chi connectivity index (χ3n) is 4.24. The largest absolute Gasteiger partial charge is 0.481 e. The van der Waals surface area contributed by atoms with Crippen LogP contribution < -0.4 is 10.1 Å². The number of nitrogens with one attached hydrogen (secondary N) is 1. The molecule has 1 saturated heterocycles. The predicted octanol–water partition coefficient (Wildman–Crippen LogP) is 3.41. The number of methoxy groups -OCH3 is 1. The number of hydrogen-bond acceptors (Lipinski definition) is 5. The lowest BCUT2D eigenvalue weighted by atomic mass is 10.1. The summed E-state index contributed by atoms with van der Waals surface area (Å²) < 4.78 is 11.5. The zero-order valence-corrected chi connectivity index (χ0v) is 16.2. The van der Waals surface area contributed by atoms with Crippen LogP contribution in [0.25, 0.3) is 11.3 Å². The van der Waals surface area contributed by atoms with Crippen molar-refractivity contribution in [1.82, 2.24) is 10.3 Å². The first-order chi connectivity index (χ1) is 12.1. The Labute approximate surface area is 160 Å². The lowest BCUT2D eigenvalue weighted by molar-refractivity contribution is -0.0281. The number of hydrogen-bond donors (Lipinski definition) is 2. The van der Waals surface area contributed by atoms with E-state index in [1.807, 2.05) is 30.3 Å². The van der Waals surface area contributed by atoms with Gasteiger partial charge in [0.15, 0.2) is 0 Å². The van der Waals surface area contributed by atoms with E-state index in [-0.39, 0.29) is 6.04 Å². The van der Waals surface area contributed by atoms with Crippen LogP contribution in [0.3, 0.4) is 0 Å². The molecule has 2 N–H and O–H groups in total. The number of benzene rings is 1. The van der Waals surface area contributed by atoms with E-state index < -0.39 is 6.10 Å². The number of halogens is 2. The van der Waals surface area contributed by atoms with Crippen LogP contribution in [0.4, 0.5) is 0 Å². The molecule has 2 heterocycles. The lowest BCUT2D eigenvalue weighted by Gasteiger charge is -2.28. The van der Waals surface area contributed by atoms with Gasteiger partial charge in [-0.1, -0.05) is 29.8 Å². The number of rotatable bonds is 5. The van der Waals surface area contributed by atoms with Gasteiger partial charge < -0.3 is 19.9 Å². The van der Waals surface area contributed by atoms with E-state index in [9.17, 15) is 5.11 Å². The Bertz CT molecular complexity index is 744. The highest BCUT2D eigenvalue weighted by molar-refractivity contribution is 9.10. The first-order valence-corrected chi connectivity index (χ1v) is 9.24. The first kappa shape index (κ1) is 18.6. The molecule has 0 spiro atoms. The van der Waals surface area contributed by atoms with Crippen LogP contribution in [-0.4, -0.2) is 42.6 Å². The standard InChI is InChI=1S/C18H20BrClN2O3/c1-24-18-11(9-21-15-7-8-25-10-16(15)23)5-6-14(22-18)12-3-2-4-13(19)17(12)20/h2-6,15-16,21,23H,7-10H2,1H3/t15-,16+/m1/s1. The number of aromatic nitrogens is 1. The summed E-state index contributed by atoms with van der Waals surface area (Å²) >= 11 is 9.80. The second kappa shape index (κ2) is 8.47. The van der Waals surface area contributed by atoms with Crippen molar-refractivity contribution in [2.45, 2.75) is 25.1 Å². The predicted molar refractivity (Wildman–Crippen MR) is 101 cm³/mol. The topological polar surface area (TPSA) is 63.6 Å². The zero-order chi connectivity index (χ0) is 17.8. The van der Waals surface area contributed by atoms with Crippen LogP contribution in [0, 0.1) is 0 Å². The quantitative estimate of drug-likeness (QED) is 0.765. The number of nitrogens with zero attached hydrogens (tertiary/aromatic N) is 1. The average Bonchev–Trinajstić information content (AvgIpc) is 2.63. The highest BCUT2D eigenvalue weighted by Crippen LogP contribution is 2.34. The minimum Gasteiger partial charge on any atom is -0.481 e. The van der Waals surface area contributed by atoms with Gasteiger partial charge in [0, 0.05) is 34.8 Å². The van der Waals surface area contributed by atoms with Gasteiger partial charge in [-0.25, -0.2) is 4.98 Å². The maximum Gasteiger partial charge on any atom is 0.218 e. The van der Waals surface area contributed by atoms with Gasteiger partial charge in [0.1, 0.15) is 0 Å². The summed E-state index contributed by atoms with van der Waals surface area (Å²) in [5.74, 6) is 0.544. The molecule has 25 heavy (non-hydrogen) atoms. The van der Waals surface area contributed by atoms with E-state index in [0.29, 0.717) is 30.7 Å². The van der Waals surface area contributed by atoms with E-state index in [1.54, 1.807) is 7.11 Å². The van der Waals surface area contributed by atoms with Crippen molar-refractivity contribution in [1.29, 1.82) is 0 Å². The van der Waals surface area contributed by atoms with Crippen molar-refractivity contribution in [3.8, 4) is 17.1 Å². The molecule has 0 amide bonds. The Morgan fingerprint density at radius 3 is 3.00 bits per heavy atom. The SMILES string of the molecule is COc1nc(-c2cccc(Br)c2Cl)ccc1CN[C@@H]1CCOC[C@@H]1O. The molecule has 5 nitrogen and oxygen atoms in total. The Morgan fingerprint density at radius 2 is 2.24 bits per heavy atom. The molecule has 0 bridgehead atoms. The van der Waals surface area contributed by atoms with Gasteiger partial charge in [-0.3, -0.25) is 0 Å². The van der Waals surface area contributed by atoms with E-state index in [2.05, 4.69) is 26.2 Å². The molecular weight excluding hydrogens is 408 g/mol. The first-order valence-electron chi connectivity index (χ1n) is 8.07. The van der Waals surface area contributed by atoms with Crippen LogP contribution in [0.1, 0.15) is 12.0 Å². The summed E-state index contributed by atoms with van der Waals surface area (Å²) in [6.45, 7) is 1.59. The van der Waals surface area contributed by atoms with Crippen molar-refractivity contribution < 1.29 is 14.6 Å². The van der Waals surface area contributed by atoms with Crippen LogP contribution in [0.2, 0.25) is 5.02 Å². The maximum atomic E-state index is 9.97. The van der Waals surface area contributed by atoms with Crippen molar-refractivity contribution in [2.24, 2.45) is 0 Å². The van der Waals surface area contributed by atoms with Gasteiger partial charge in [-0.2, -0.15) is 0 Å². The van der Waals surface area contributed by atoms with Gasteiger partial charge in [0.2, 0.25) is 5.88 Å². The summed E-state index contributed by atoms with van der Waals surface area (Å²) in [6.07, 6.45) is 0.287. The molecule has 0 unspecified atom stereocenters. The number of aliphatic hydroxyl groups is 1. The normalized spacial score (nSPS) is 20.5. The molecule has 2 aromatic rings. The third-order valence-corrected chi connectivity index (χ3v) is 5.54. The number of pyridine rings is 1. The van der Waals surface area contributed by atoms with E-state index in [0.717, 1.165) is 27.7 Å². The average molecular weight is 428 g/mol. The van der Waals surface area contributed by atoms with Crippen LogP contribution in [-0.2, 0) is 11.3 Å². The van der Waals surface area contributed by atoms with E-state index in [1.165, 1.54) is 0 Å². The molecule has 0 saturated carbocycles. The second-order valence-electron chi connectivity index (χ2n) is 5.88. The zero-order valence-electron chi connectivity index (χ0n) is 13.8. The Balaban J connectivity index is 1.79. The molecule has 134 valence electrons. The Kier molecular flexibility index (Phi) is 6.30. The minimum absolute atomic E-state index is 0.0117. The van der Waals surface area contributed by atoms with Gasteiger partial charge in [-0.05, 0) is 34.5 Å². The molecule has 2 atom stereocenters. The molecule has 7 heteroatoms. The Morgan fingerprint density at radius 1 is 1.40 bits per heavy atom. The number of aliphatic hydroxyl groups excluding tert-OH is 1. The van der Waals surface area contributed by atoms with Crippen molar-refractivity contribution in [2.75, 3.05) is 20.3 Å². The minimum atomic E-state index is -0.493. The summed E-state index contributed by atoms with van der Waals surface area (Å²) in [4.78, 5) is 4.59. The second-order valence-corrected chi connectivity index (χ2v) is 7.12. The summed E-state index contributed by atoms with van der Waals surface area (Å²) in [5, 5.41) is 13.9. The van der Waals surface area contributed by atoms with Gasteiger partial charge in [0.05, 0.1) is 30.5 Å². The monoisotopic (exact) mass is 426 g/mol. The summed E-state index contributed by atoms with van der Waals surface area (Å²) in [7, 11) is 1.60. The fraction of sp³-hybridized carbons (Fsp3) is 0.389. The van der Waals surface area contributed by atoms with Gasteiger partial charge in [0.25, 0.3) is 0 Å². The van der Waals surface area contributed by atoms with Crippen molar-refractivity contribution >= 4 is 27.5 Å². The smallest absolute Gasteiger partial charge is 0.218 e. The van der Waals surface area contributed by atoms with Gasteiger partial charge >= 0.3 is 0 Å². The molecule has 1 aromatic carbocycles. The maximum absolute atomic E-state index is 9.97. The van der Waals surface area contributed by atoms with E-state index in [4.69, 9.17) is 21.1 Å². The fourth-order valence-electron chi connectivity index (χ4n) is 2.83. The van der Waals surface area contributed by atoms with Crippen LogP contribution in [0.5, 0.6) is 5.88 Å². The Hall–Kier alpha value is -1.18. The molecule has 1 aliphatic heterocycles. The summed E-state index contributed by atoms with van der Waals surface area (Å²) in [6, 6.07) is 9.63. The molecule has 1 aliphatic rings. The highest BCUT2D eigenvalue weighted by Gasteiger charge is 2.23. The molecular formula is C18H20BrClN2O3. The molecule has 3 rings (SSSR count). The molecule has 0 radical (unpaired) electrons. The van der Waals surface area contributed by atoms with Crippen molar-refractivity contribution in [3.63, 3.8) is 0 Å². The number of ether oxygens (including phenoxy) is 2. The van der Waals surface area contributed by atoms with Gasteiger partial charge in [-0.15, -0.1) is 0 Å². The molecule has 1 aromatic heterocycles. The van der Waals surface area contributed by atoms with Crippen LogP contribution >= 0.6 is 27.5 Å². The molecule has 1 fully saturated rings. The fourth-order valence-corrected chi connectivity index (χ4v) is 3.42. The van der Waals surface area contributed by atoms with E-state index >= 15 is 0 Å². The highest BCUT2D eigenvalue weighted by atomic mass is 79.9.